The number of nitrogens with one attached hydrogen (secondary N) is 1. The maximum Gasteiger partial charge on any atom is 0.472 e. The van der Waals surface area contributed by atoms with Crippen molar-refractivity contribution in [2.24, 2.45) is 0 Å². The van der Waals surface area contributed by atoms with Crippen molar-refractivity contribution in [3.05, 3.63) is 30.6 Å². The number of hydrogen-bond acceptors (Lipinski definition) is 4. The van der Waals surface area contributed by atoms with Crippen LogP contribution in [0.25, 0.3) is 0 Å². The predicted molar refractivity (Wildman–Crippen MR) is 56.8 cm³/mol. The fourth-order valence-electron chi connectivity index (χ4n) is 1.12. The maximum absolute atomic E-state index is 13.3. The number of aromatic nitrogens is 2. The molecule has 0 aromatic carbocycles. The van der Waals surface area contributed by atoms with Crippen LogP contribution in [0.2, 0.25) is 0 Å². The van der Waals surface area contributed by atoms with Gasteiger partial charge in [-0.25, -0.2) is 9.97 Å². The summed E-state index contributed by atoms with van der Waals surface area (Å²) in [5, 5.41) is 1.54. The molecule has 0 radical (unpaired) electrons. The summed E-state index contributed by atoms with van der Waals surface area (Å²) >= 11 is 0. The molecule has 0 bridgehead atoms. The smallest absolute Gasteiger partial charge is 0.397 e. The van der Waals surface area contributed by atoms with Crippen LogP contribution in [0.15, 0.2) is 30.6 Å². The number of alkyl halides is 6. The molecule has 0 aliphatic carbocycles. The molecule has 0 fully saturated rings. The summed E-state index contributed by atoms with van der Waals surface area (Å²) in [6.45, 7) is -2.10. The van der Waals surface area contributed by atoms with Crippen LogP contribution < -0.4 is 5.32 Å². The molecule has 1 aromatic heterocycles. The van der Waals surface area contributed by atoms with Crippen LogP contribution in [0.4, 0.5) is 45.5 Å². The summed E-state index contributed by atoms with van der Waals surface area (Å²) < 4.78 is 116. The lowest BCUT2D eigenvalue weighted by atomic mass is 10.1. The van der Waals surface area contributed by atoms with Gasteiger partial charge in [0, 0.05) is 12.4 Å². The van der Waals surface area contributed by atoms with E-state index in [2.05, 4.69) is 14.7 Å². The Morgan fingerprint density at radius 1 is 1.00 bits per heavy atom. The quantitative estimate of drug-likeness (QED) is 0.597. The molecule has 130 valence electrons. The SMILES string of the molecule is FC(F)=C(F)OC(F)(F)C(F)(F)C(F)(F)CNc1ncccn1. The molecule has 1 rings (SSSR count). The molecule has 0 unspecified atom stereocenters. The van der Waals surface area contributed by atoms with E-state index in [0.717, 1.165) is 12.4 Å². The zero-order chi connectivity index (χ0) is 17.9. The molecule has 23 heavy (non-hydrogen) atoms. The van der Waals surface area contributed by atoms with Crippen molar-refractivity contribution in [1.29, 1.82) is 0 Å². The molecule has 0 aliphatic heterocycles. The van der Waals surface area contributed by atoms with Gasteiger partial charge in [-0.2, -0.15) is 39.5 Å². The van der Waals surface area contributed by atoms with Crippen LogP contribution in [-0.2, 0) is 4.74 Å². The minimum atomic E-state index is -6.32. The molecule has 0 saturated carbocycles. The highest BCUT2D eigenvalue weighted by atomic mass is 19.4. The number of anilines is 1. The van der Waals surface area contributed by atoms with E-state index in [4.69, 9.17) is 0 Å². The van der Waals surface area contributed by atoms with Crippen molar-refractivity contribution in [2.45, 2.75) is 18.0 Å². The highest BCUT2D eigenvalue weighted by Crippen LogP contribution is 2.47. The summed E-state index contributed by atoms with van der Waals surface area (Å²) in [5.74, 6) is -12.4. The van der Waals surface area contributed by atoms with E-state index in [9.17, 15) is 39.5 Å². The van der Waals surface area contributed by atoms with Gasteiger partial charge in [-0.05, 0) is 6.07 Å². The molecule has 1 aromatic rings. The Morgan fingerprint density at radius 3 is 2.00 bits per heavy atom. The summed E-state index contributed by atoms with van der Waals surface area (Å²) in [4.78, 5) is 6.62. The summed E-state index contributed by atoms with van der Waals surface area (Å²) in [6, 6.07) is -2.15. The van der Waals surface area contributed by atoms with E-state index >= 15 is 0 Å². The first-order chi connectivity index (χ1) is 10.4. The molecule has 0 spiro atoms. The summed E-state index contributed by atoms with van der Waals surface area (Å²) in [7, 11) is 0. The highest BCUT2D eigenvalue weighted by Gasteiger charge is 2.74. The summed E-state index contributed by atoms with van der Waals surface area (Å²) in [6.07, 6.45) is -7.69. The Morgan fingerprint density at radius 2 is 1.52 bits per heavy atom. The zero-order valence-electron chi connectivity index (χ0n) is 10.6. The van der Waals surface area contributed by atoms with Crippen molar-refractivity contribution >= 4 is 5.95 Å². The second-order valence-electron chi connectivity index (χ2n) is 3.86. The Hall–Kier alpha value is -2.21. The Labute approximate surface area is 122 Å². The van der Waals surface area contributed by atoms with E-state index in [0.29, 0.717) is 0 Å². The van der Waals surface area contributed by atoms with Gasteiger partial charge < -0.3 is 10.1 Å². The number of hydrogen-bond donors (Lipinski definition) is 1. The van der Waals surface area contributed by atoms with E-state index in [1.807, 2.05) is 0 Å². The Balaban J connectivity index is 2.92. The van der Waals surface area contributed by atoms with Gasteiger partial charge in [0.15, 0.2) is 0 Å². The van der Waals surface area contributed by atoms with Crippen LogP contribution in [0, 0.1) is 0 Å². The van der Waals surface area contributed by atoms with Gasteiger partial charge in [-0.1, -0.05) is 0 Å². The van der Waals surface area contributed by atoms with E-state index in [-0.39, 0.29) is 0 Å². The Kier molecular flexibility index (Phi) is 5.32. The van der Waals surface area contributed by atoms with E-state index in [1.54, 1.807) is 5.32 Å². The van der Waals surface area contributed by atoms with Crippen molar-refractivity contribution in [1.82, 2.24) is 9.97 Å². The number of rotatable bonds is 7. The molecule has 0 saturated heterocycles. The topological polar surface area (TPSA) is 47.0 Å². The molecular weight excluding hydrogens is 349 g/mol. The summed E-state index contributed by atoms with van der Waals surface area (Å²) in [5.41, 5.74) is 0. The predicted octanol–water partition coefficient (Wildman–Crippen LogP) is 3.80. The molecule has 1 heterocycles. The van der Waals surface area contributed by atoms with Gasteiger partial charge >= 0.3 is 30.0 Å². The van der Waals surface area contributed by atoms with Crippen LogP contribution >= 0.6 is 0 Å². The maximum atomic E-state index is 13.3. The molecule has 0 amide bonds. The zero-order valence-corrected chi connectivity index (χ0v) is 10.6. The average Bonchev–Trinajstić information content (AvgIpc) is 2.45. The van der Waals surface area contributed by atoms with Crippen LogP contribution in [-0.4, -0.2) is 34.5 Å². The largest absolute Gasteiger partial charge is 0.472 e. The fourth-order valence-corrected chi connectivity index (χ4v) is 1.12. The standard InChI is InChI=1S/C10H6F9N3O/c11-5(12)6(13)23-10(18,19)9(16,17)8(14,15)4-22-7-20-2-1-3-21-7/h1-3H,4H2,(H,20,21,22). The van der Waals surface area contributed by atoms with Gasteiger partial charge in [0.1, 0.15) is 0 Å². The average molecular weight is 355 g/mol. The molecule has 13 heteroatoms. The minimum absolute atomic E-state index is 0.590. The van der Waals surface area contributed by atoms with Crippen molar-refractivity contribution in [2.75, 3.05) is 11.9 Å². The van der Waals surface area contributed by atoms with Crippen LogP contribution in [0.3, 0.4) is 0 Å². The van der Waals surface area contributed by atoms with Gasteiger partial charge in [-0.3, -0.25) is 0 Å². The van der Waals surface area contributed by atoms with Crippen molar-refractivity contribution in [3.63, 3.8) is 0 Å². The molecule has 4 nitrogen and oxygen atoms in total. The minimum Gasteiger partial charge on any atom is -0.397 e. The molecular formula is C10H6F9N3O. The molecule has 0 aliphatic rings. The van der Waals surface area contributed by atoms with E-state index in [1.165, 1.54) is 6.07 Å². The lowest BCUT2D eigenvalue weighted by Crippen LogP contribution is -2.57. The number of nitrogens with zero attached hydrogens (tertiary/aromatic N) is 2. The highest BCUT2D eigenvalue weighted by molar-refractivity contribution is 5.23. The fraction of sp³-hybridized carbons (Fsp3) is 0.400. The van der Waals surface area contributed by atoms with Crippen LogP contribution in [0.1, 0.15) is 0 Å². The normalized spacial score (nSPS) is 12.7. The molecule has 0 atom stereocenters. The van der Waals surface area contributed by atoms with Crippen molar-refractivity contribution < 1.29 is 44.3 Å². The number of ether oxygens (including phenoxy) is 1. The van der Waals surface area contributed by atoms with Gasteiger partial charge in [0.05, 0.1) is 6.54 Å². The Bertz CT molecular complexity index is 560. The van der Waals surface area contributed by atoms with Gasteiger partial charge in [0.2, 0.25) is 5.95 Å². The first-order valence-corrected chi connectivity index (χ1v) is 5.45. The van der Waals surface area contributed by atoms with Gasteiger partial charge in [0.25, 0.3) is 0 Å². The van der Waals surface area contributed by atoms with Gasteiger partial charge in [-0.15, -0.1) is 0 Å². The lowest BCUT2D eigenvalue weighted by molar-refractivity contribution is -0.390. The van der Waals surface area contributed by atoms with E-state index < -0.39 is 42.5 Å². The second kappa shape index (κ2) is 6.50. The molecule has 1 N–H and O–H groups in total. The number of halogens is 9. The third-order valence-electron chi connectivity index (χ3n) is 2.23. The van der Waals surface area contributed by atoms with Crippen molar-refractivity contribution in [3.8, 4) is 0 Å². The monoisotopic (exact) mass is 355 g/mol. The lowest BCUT2D eigenvalue weighted by Gasteiger charge is -2.31. The van der Waals surface area contributed by atoms with Crippen LogP contribution in [0.5, 0.6) is 0 Å². The third kappa shape index (κ3) is 4.16. The first kappa shape index (κ1) is 18.8. The first-order valence-electron chi connectivity index (χ1n) is 5.45. The third-order valence-corrected chi connectivity index (χ3v) is 2.23. The second-order valence-corrected chi connectivity index (χ2v) is 3.86.